The number of halogens is 4. The minimum absolute atomic E-state index is 0.298. The number of nitrogens with two attached hydrogens (primary N) is 1. The van der Waals surface area contributed by atoms with E-state index in [1.807, 2.05) is 0 Å². The van der Waals surface area contributed by atoms with Crippen molar-refractivity contribution in [3.63, 3.8) is 0 Å². The molecule has 13 heavy (non-hydrogen) atoms. The largest absolute Gasteiger partial charge is 0.573 e. The number of nitrogen functional groups attached to an aromatic ring is 1. The summed E-state index contributed by atoms with van der Waals surface area (Å²) < 4.78 is 39.1. The predicted molar refractivity (Wildman–Crippen MR) is 45.2 cm³/mol. The fourth-order valence-electron chi connectivity index (χ4n) is 0.705. The molecule has 0 aliphatic rings. The molecule has 0 saturated carbocycles. The highest BCUT2D eigenvalue weighted by molar-refractivity contribution is 9.10. The van der Waals surface area contributed by atoms with Crippen LogP contribution in [0.3, 0.4) is 0 Å². The molecule has 0 spiro atoms. The third-order valence-electron chi connectivity index (χ3n) is 1.21. The first-order valence-electron chi connectivity index (χ1n) is 3.19. The molecule has 0 fully saturated rings. The lowest BCUT2D eigenvalue weighted by Crippen LogP contribution is -2.17. The van der Waals surface area contributed by atoms with Crippen LogP contribution < -0.4 is 10.5 Å². The zero-order chi connectivity index (χ0) is 10.1. The van der Waals surface area contributed by atoms with Gasteiger partial charge in [0.25, 0.3) is 0 Å². The molecule has 0 aliphatic heterocycles. The maximum Gasteiger partial charge on any atom is 0.573 e. The van der Waals surface area contributed by atoms with Crippen LogP contribution in [-0.4, -0.2) is 6.36 Å². The first kappa shape index (κ1) is 10.2. The lowest BCUT2D eigenvalue weighted by atomic mass is 10.3. The normalized spacial score (nSPS) is 11.4. The fraction of sp³-hybridized carbons (Fsp3) is 0.143. The van der Waals surface area contributed by atoms with E-state index in [0.29, 0.717) is 10.2 Å². The van der Waals surface area contributed by atoms with Crippen molar-refractivity contribution in [1.82, 2.24) is 0 Å². The van der Waals surface area contributed by atoms with Crippen molar-refractivity contribution >= 4 is 21.6 Å². The smallest absolute Gasteiger partial charge is 0.406 e. The molecule has 0 aromatic heterocycles. The summed E-state index contributed by atoms with van der Waals surface area (Å²) in [6.07, 6.45) is -4.67. The van der Waals surface area contributed by atoms with Crippen LogP contribution in [0, 0.1) is 0 Å². The summed E-state index contributed by atoms with van der Waals surface area (Å²) in [5.41, 5.74) is 5.72. The van der Waals surface area contributed by atoms with Crippen LogP contribution in [-0.2, 0) is 0 Å². The van der Waals surface area contributed by atoms with E-state index >= 15 is 0 Å². The third-order valence-corrected chi connectivity index (χ3v) is 1.89. The van der Waals surface area contributed by atoms with E-state index in [2.05, 4.69) is 20.7 Å². The van der Waals surface area contributed by atoms with E-state index < -0.39 is 6.36 Å². The molecule has 72 valence electrons. The van der Waals surface area contributed by atoms with Gasteiger partial charge in [0.15, 0.2) is 0 Å². The third kappa shape index (κ3) is 3.14. The van der Waals surface area contributed by atoms with Gasteiger partial charge in [0.1, 0.15) is 5.75 Å². The molecule has 0 radical (unpaired) electrons. The van der Waals surface area contributed by atoms with E-state index in [1.54, 1.807) is 0 Å². The standard InChI is InChI=1S/C7H5BrF3NO/c8-5-3-4(1-2-6(5)12)13-7(9,10)11/h1-3H,12H2. The average molecular weight is 256 g/mol. The van der Waals surface area contributed by atoms with Gasteiger partial charge in [-0.1, -0.05) is 0 Å². The Kier molecular flexibility index (Phi) is 2.70. The van der Waals surface area contributed by atoms with Gasteiger partial charge in [-0.3, -0.25) is 0 Å². The van der Waals surface area contributed by atoms with Crippen LogP contribution in [0.2, 0.25) is 0 Å². The van der Waals surface area contributed by atoms with Crippen molar-refractivity contribution in [1.29, 1.82) is 0 Å². The summed E-state index contributed by atoms with van der Waals surface area (Å²) in [5.74, 6) is -0.298. The van der Waals surface area contributed by atoms with E-state index in [0.717, 1.165) is 12.1 Å². The molecule has 0 heterocycles. The summed E-state index contributed by atoms with van der Waals surface area (Å²) in [4.78, 5) is 0. The molecule has 2 nitrogen and oxygen atoms in total. The predicted octanol–water partition coefficient (Wildman–Crippen LogP) is 2.93. The Bertz CT molecular complexity index is 313. The first-order chi connectivity index (χ1) is 5.88. The van der Waals surface area contributed by atoms with Crippen molar-refractivity contribution in [2.45, 2.75) is 6.36 Å². The minimum atomic E-state index is -4.67. The molecular weight excluding hydrogens is 251 g/mol. The van der Waals surface area contributed by atoms with Gasteiger partial charge in [-0.05, 0) is 34.1 Å². The molecule has 0 aliphatic carbocycles. The van der Waals surface area contributed by atoms with E-state index in [9.17, 15) is 13.2 Å². The Morgan fingerprint density at radius 3 is 2.38 bits per heavy atom. The number of ether oxygens (including phenoxy) is 1. The van der Waals surface area contributed by atoms with Crippen LogP contribution in [0.25, 0.3) is 0 Å². The van der Waals surface area contributed by atoms with Gasteiger partial charge in [0.2, 0.25) is 0 Å². The Labute approximate surface area is 80.6 Å². The summed E-state index contributed by atoms with van der Waals surface area (Å²) in [6, 6.07) is 3.63. The number of rotatable bonds is 1. The molecule has 0 unspecified atom stereocenters. The van der Waals surface area contributed by atoms with Crippen LogP contribution in [0.15, 0.2) is 22.7 Å². The van der Waals surface area contributed by atoms with Crippen molar-refractivity contribution in [2.75, 3.05) is 5.73 Å². The molecule has 1 aromatic carbocycles. The second-order valence-electron chi connectivity index (χ2n) is 2.23. The number of anilines is 1. The Morgan fingerprint density at radius 2 is 1.92 bits per heavy atom. The SMILES string of the molecule is Nc1ccc(OC(F)(F)F)cc1Br. The number of hydrogen-bond acceptors (Lipinski definition) is 2. The van der Waals surface area contributed by atoms with Crippen LogP contribution in [0.1, 0.15) is 0 Å². The van der Waals surface area contributed by atoms with Gasteiger partial charge in [0, 0.05) is 10.2 Å². The molecule has 1 aromatic rings. The van der Waals surface area contributed by atoms with Gasteiger partial charge in [-0.25, -0.2) is 0 Å². The van der Waals surface area contributed by atoms with Crippen LogP contribution in [0.5, 0.6) is 5.75 Å². The molecule has 2 N–H and O–H groups in total. The van der Waals surface area contributed by atoms with Gasteiger partial charge in [-0.15, -0.1) is 13.2 Å². The van der Waals surface area contributed by atoms with Crippen molar-refractivity contribution < 1.29 is 17.9 Å². The van der Waals surface area contributed by atoms with Gasteiger partial charge in [-0.2, -0.15) is 0 Å². The topological polar surface area (TPSA) is 35.2 Å². The maximum absolute atomic E-state index is 11.7. The Balaban J connectivity index is 2.86. The summed E-state index contributed by atoms with van der Waals surface area (Å²) >= 11 is 2.98. The van der Waals surface area contributed by atoms with E-state index in [4.69, 9.17) is 5.73 Å². The molecule has 0 bridgehead atoms. The Morgan fingerprint density at radius 1 is 1.31 bits per heavy atom. The highest BCUT2D eigenvalue weighted by Gasteiger charge is 2.31. The minimum Gasteiger partial charge on any atom is -0.406 e. The average Bonchev–Trinajstić information content (AvgIpc) is 1.94. The zero-order valence-electron chi connectivity index (χ0n) is 6.23. The van der Waals surface area contributed by atoms with E-state index in [-0.39, 0.29) is 5.75 Å². The van der Waals surface area contributed by atoms with Gasteiger partial charge >= 0.3 is 6.36 Å². The number of alkyl halides is 3. The van der Waals surface area contributed by atoms with Gasteiger partial charge in [0.05, 0.1) is 0 Å². The summed E-state index contributed by atoms with van der Waals surface area (Å²) in [7, 11) is 0. The fourth-order valence-corrected chi connectivity index (χ4v) is 1.06. The van der Waals surface area contributed by atoms with Crippen LogP contribution >= 0.6 is 15.9 Å². The monoisotopic (exact) mass is 255 g/mol. The molecule has 0 amide bonds. The maximum atomic E-state index is 11.7. The highest BCUT2D eigenvalue weighted by Crippen LogP contribution is 2.28. The summed E-state index contributed by atoms with van der Waals surface area (Å²) in [6.45, 7) is 0. The molecule has 1 rings (SSSR count). The lowest BCUT2D eigenvalue weighted by molar-refractivity contribution is -0.274. The number of hydrogen-bond donors (Lipinski definition) is 1. The molecule has 6 heteroatoms. The van der Waals surface area contributed by atoms with Crippen LogP contribution in [0.4, 0.5) is 18.9 Å². The van der Waals surface area contributed by atoms with Crippen molar-refractivity contribution in [2.24, 2.45) is 0 Å². The molecule has 0 atom stereocenters. The lowest BCUT2D eigenvalue weighted by Gasteiger charge is -2.09. The highest BCUT2D eigenvalue weighted by atomic mass is 79.9. The second-order valence-corrected chi connectivity index (χ2v) is 3.09. The summed E-state index contributed by atoms with van der Waals surface area (Å²) in [5, 5.41) is 0. The van der Waals surface area contributed by atoms with Crippen molar-refractivity contribution in [3.8, 4) is 5.75 Å². The zero-order valence-corrected chi connectivity index (χ0v) is 7.82. The molecule has 0 saturated heterocycles. The Hall–Kier alpha value is -0.910. The number of benzene rings is 1. The van der Waals surface area contributed by atoms with Gasteiger partial charge < -0.3 is 10.5 Å². The molecular formula is C7H5BrF3NO. The van der Waals surface area contributed by atoms with Crippen molar-refractivity contribution in [3.05, 3.63) is 22.7 Å². The quantitative estimate of drug-likeness (QED) is 0.784. The second kappa shape index (κ2) is 3.45. The first-order valence-corrected chi connectivity index (χ1v) is 3.98. The van der Waals surface area contributed by atoms with E-state index in [1.165, 1.54) is 6.07 Å².